The van der Waals surface area contributed by atoms with E-state index in [9.17, 15) is 14.9 Å². The molecule has 0 spiro atoms. The van der Waals surface area contributed by atoms with E-state index in [2.05, 4.69) is 15.9 Å². The van der Waals surface area contributed by atoms with Gasteiger partial charge in [-0.25, -0.2) is 0 Å². The van der Waals surface area contributed by atoms with Gasteiger partial charge in [0.15, 0.2) is 0 Å². The topological polar surface area (TPSA) is 63.4 Å². The van der Waals surface area contributed by atoms with Gasteiger partial charge in [-0.05, 0) is 30.5 Å². The average Bonchev–Trinajstić information content (AvgIpc) is 3.05. The summed E-state index contributed by atoms with van der Waals surface area (Å²) in [7, 11) is 0. The number of nitro benzene ring substituents is 1. The maximum Gasteiger partial charge on any atom is 0.273 e. The minimum absolute atomic E-state index is 0.00485. The van der Waals surface area contributed by atoms with Crippen molar-refractivity contribution >= 4 is 27.5 Å². The van der Waals surface area contributed by atoms with Crippen molar-refractivity contribution in [2.45, 2.75) is 25.3 Å². The Labute approximate surface area is 148 Å². The van der Waals surface area contributed by atoms with E-state index in [4.69, 9.17) is 0 Å². The van der Waals surface area contributed by atoms with Crippen molar-refractivity contribution in [3.8, 4) is 0 Å². The van der Waals surface area contributed by atoms with Gasteiger partial charge >= 0.3 is 0 Å². The molecule has 0 aromatic heterocycles. The first-order valence-corrected chi connectivity index (χ1v) is 8.63. The van der Waals surface area contributed by atoms with Crippen molar-refractivity contribution in [2.75, 3.05) is 6.54 Å². The number of rotatable bonds is 4. The van der Waals surface area contributed by atoms with Crippen LogP contribution in [0.25, 0.3) is 0 Å². The molecule has 0 saturated carbocycles. The molecule has 1 atom stereocenters. The first-order valence-electron chi connectivity index (χ1n) is 7.83. The lowest BCUT2D eigenvalue weighted by Gasteiger charge is -2.25. The average molecular weight is 389 g/mol. The molecule has 1 unspecified atom stereocenters. The lowest BCUT2D eigenvalue weighted by molar-refractivity contribution is -0.385. The minimum atomic E-state index is -0.432. The molecular weight excluding hydrogens is 372 g/mol. The van der Waals surface area contributed by atoms with Gasteiger partial charge in [-0.3, -0.25) is 14.9 Å². The van der Waals surface area contributed by atoms with Crippen LogP contribution in [0.5, 0.6) is 0 Å². The van der Waals surface area contributed by atoms with Gasteiger partial charge in [-0.15, -0.1) is 0 Å². The molecule has 1 heterocycles. The number of nitro groups is 1. The molecule has 1 amide bonds. The SMILES string of the molecule is O=C(Cc1ccccc1[N+](=O)[O-])N1CCCC1c1ccc(Br)cc1. The fraction of sp³-hybridized carbons (Fsp3) is 0.278. The van der Waals surface area contributed by atoms with Crippen LogP contribution in [0.4, 0.5) is 5.69 Å². The molecule has 1 aliphatic rings. The lowest BCUT2D eigenvalue weighted by atomic mass is 10.0. The van der Waals surface area contributed by atoms with Crippen LogP contribution in [-0.2, 0) is 11.2 Å². The Hall–Kier alpha value is -2.21. The van der Waals surface area contributed by atoms with Crippen LogP contribution in [0, 0.1) is 10.1 Å². The summed E-state index contributed by atoms with van der Waals surface area (Å²) in [5.74, 6) is -0.0604. The molecule has 24 heavy (non-hydrogen) atoms. The summed E-state index contributed by atoms with van der Waals surface area (Å²) in [4.78, 5) is 25.3. The number of amides is 1. The van der Waals surface area contributed by atoms with E-state index >= 15 is 0 Å². The highest BCUT2D eigenvalue weighted by molar-refractivity contribution is 9.10. The zero-order valence-corrected chi connectivity index (χ0v) is 14.6. The molecule has 124 valence electrons. The van der Waals surface area contributed by atoms with Crippen LogP contribution >= 0.6 is 15.9 Å². The van der Waals surface area contributed by atoms with Crippen LogP contribution in [0.3, 0.4) is 0 Å². The Bertz CT molecular complexity index is 761. The van der Waals surface area contributed by atoms with E-state index in [1.165, 1.54) is 6.07 Å². The van der Waals surface area contributed by atoms with E-state index in [1.54, 1.807) is 18.2 Å². The van der Waals surface area contributed by atoms with E-state index in [1.807, 2.05) is 29.2 Å². The van der Waals surface area contributed by atoms with Crippen LogP contribution in [0.1, 0.15) is 30.0 Å². The number of carbonyl (C=O) groups is 1. The number of halogens is 1. The monoisotopic (exact) mass is 388 g/mol. The van der Waals surface area contributed by atoms with Crippen molar-refractivity contribution in [1.82, 2.24) is 4.90 Å². The van der Waals surface area contributed by atoms with Gasteiger partial charge in [0.1, 0.15) is 0 Å². The third-order valence-electron chi connectivity index (χ3n) is 4.36. The first kappa shape index (κ1) is 16.6. The fourth-order valence-corrected chi connectivity index (χ4v) is 3.46. The first-order chi connectivity index (χ1) is 11.6. The Morgan fingerprint density at radius 3 is 2.62 bits per heavy atom. The summed E-state index contributed by atoms with van der Waals surface area (Å²) in [6.45, 7) is 0.695. The molecule has 6 heteroatoms. The smallest absolute Gasteiger partial charge is 0.273 e. The second-order valence-corrected chi connectivity index (χ2v) is 6.77. The Kier molecular flexibility index (Phi) is 4.94. The quantitative estimate of drug-likeness (QED) is 0.580. The van der Waals surface area contributed by atoms with Gasteiger partial charge in [0.2, 0.25) is 5.91 Å². The zero-order chi connectivity index (χ0) is 17.1. The van der Waals surface area contributed by atoms with Gasteiger partial charge in [0.05, 0.1) is 17.4 Å². The summed E-state index contributed by atoms with van der Waals surface area (Å²) >= 11 is 3.42. The Morgan fingerprint density at radius 2 is 1.92 bits per heavy atom. The predicted octanol–water partition coefficient (Wildman–Crippen LogP) is 4.26. The number of para-hydroxylation sites is 1. The van der Waals surface area contributed by atoms with E-state index in [-0.39, 0.29) is 24.1 Å². The maximum absolute atomic E-state index is 12.7. The van der Waals surface area contributed by atoms with Crippen molar-refractivity contribution in [1.29, 1.82) is 0 Å². The standard InChI is InChI=1S/C18H17BrN2O3/c19-15-9-7-13(8-10-15)16-6-3-11-20(16)18(22)12-14-4-1-2-5-17(14)21(23)24/h1-2,4-5,7-10,16H,3,6,11-12H2. The minimum Gasteiger partial charge on any atom is -0.335 e. The van der Waals surface area contributed by atoms with Gasteiger partial charge in [0.25, 0.3) is 5.69 Å². The second kappa shape index (κ2) is 7.13. The second-order valence-electron chi connectivity index (χ2n) is 5.86. The van der Waals surface area contributed by atoms with Gasteiger partial charge in [0, 0.05) is 22.6 Å². The molecule has 1 aliphatic heterocycles. The molecule has 0 aliphatic carbocycles. The van der Waals surface area contributed by atoms with Crippen molar-refractivity contribution in [3.63, 3.8) is 0 Å². The lowest BCUT2D eigenvalue weighted by Crippen LogP contribution is -2.32. The third kappa shape index (κ3) is 3.48. The number of nitrogens with zero attached hydrogens (tertiary/aromatic N) is 2. The molecular formula is C18H17BrN2O3. The fourth-order valence-electron chi connectivity index (χ4n) is 3.20. The van der Waals surface area contributed by atoms with Crippen LogP contribution in [0.2, 0.25) is 0 Å². The largest absolute Gasteiger partial charge is 0.335 e. The molecule has 3 rings (SSSR count). The van der Waals surface area contributed by atoms with E-state index < -0.39 is 4.92 Å². The summed E-state index contributed by atoms with van der Waals surface area (Å²) < 4.78 is 1.00. The maximum atomic E-state index is 12.7. The summed E-state index contributed by atoms with van der Waals surface area (Å²) in [6.07, 6.45) is 1.93. The zero-order valence-electron chi connectivity index (χ0n) is 13.0. The van der Waals surface area contributed by atoms with Crippen LogP contribution in [-0.4, -0.2) is 22.3 Å². The van der Waals surface area contributed by atoms with Crippen molar-refractivity contribution < 1.29 is 9.72 Å². The molecule has 0 radical (unpaired) electrons. The highest BCUT2D eigenvalue weighted by Crippen LogP contribution is 2.33. The molecule has 1 fully saturated rings. The molecule has 2 aromatic rings. The molecule has 5 nitrogen and oxygen atoms in total. The number of likely N-dealkylation sites (tertiary alicyclic amines) is 1. The van der Waals surface area contributed by atoms with Gasteiger partial charge in [-0.1, -0.05) is 46.3 Å². The van der Waals surface area contributed by atoms with Crippen molar-refractivity contribution in [3.05, 3.63) is 74.2 Å². The number of hydrogen-bond acceptors (Lipinski definition) is 3. The van der Waals surface area contributed by atoms with E-state index in [0.29, 0.717) is 12.1 Å². The Balaban J connectivity index is 1.79. The van der Waals surface area contributed by atoms with E-state index in [0.717, 1.165) is 22.9 Å². The molecule has 1 saturated heterocycles. The van der Waals surface area contributed by atoms with Crippen LogP contribution in [0.15, 0.2) is 53.0 Å². The molecule has 2 aromatic carbocycles. The molecule has 0 bridgehead atoms. The number of benzene rings is 2. The van der Waals surface area contributed by atoms with Crippen LogP contribution < -0.4 is 0 Å². The highest BCUT2D eigenvalue weighted by Gasteiger charge is 2.30. The number of hydrogen-bond donors (Lipinski definition) is 0. The normalized spacial score (nSPS) is 17.0. The summed E-state index contributed by atoms with van der Waals surface area (Å²) in [5.41, 5.74) is 1.57. The third-order valence-corrected chi connectivity index (χ3v) is 4.89. The van der Waals surface area contributed by atoms with Gasteiger partial charge in [-0.2, -0.15) is 0 Å². The van der Waals surface area contributed by atoms with Crippen molar-refractivity contribution in [2.24, 2.45) is 0 Å². The Morgan fingerprint density at radius 1 is 1.21 bits per heavy atom. The predicted molar refractivity (Wildman–Crippen MR) is 94.6 cm³/mol. The number of carbonyl (C=O) groups excluding carboxylic acids is 1. The molecule has 0 N–H and O–H groups in total. The van der Waals surface area contributed by atoms with Gasteiger partial charge < -0.3 is 4.90 Å². The summed E-state index contributed by atoms with van der Waals surface area (Å²) in [6, 6.07) is 14.5. The highest BCUT2D eigenvalue weighted by atomic mass is 79.9. The summed E-state index contributed by atoms with van der Waals surface area (Å²) in [5, 5.41) is 11.1.